The van der Waals surface area contributed by atoms with Crippen molar-refractivity contribution in [1.29, 1.82) is 0 Å². The van der Waals surface area contributed by atoms with E-state index in [-0.39, 0.29) is 27.2 Å². The maximum absolute atomic E-state index is 12.1. The van der Waals surface area contributed by atoms with E-state index in [0.29, 0.717) is 0 Å². The zero-order valence-corrected chi connectivity index (χ0v) is 9.78. The van der Waals surface area contributed by atoms with Crippen molar-refractivity contribution in [2.75, 3.05) is 7.05 Å². The fourth-order valence-corrected chi connectivity index (χ4v) is 1.83. The van der Waals surface area contributed by atoms with Crippen LogP contribution < -0.4 is 27.4 Å². The van der Waals surface area contributed by atoms with Gasteiger partial charge < -0.3 is 5.84 Å². The third kappa shape index (κ3) is 1.79. The summed E-state index contributed by atoms with van der Waals surface area (Å²) in [5.74, 6) is 5.08. The van der Waals surface area contributed by atoms with Crippen LogP contribution in [-0.2, 0) is 0 Å². The Morgan fingerprint density at radius 1 is 1.16 bits per heavy atom. The number of nitrogens with zero attached hydrogens (tertiary/aromatic N) is 3. The van der Waals surface area contributed by atoms with Crippen LogP contribution in [0, 0.1) is 10.1 Å². The van der Waals surface area contributed by atoms with Gasteiger partial charge in [-0.05, 0) is 6.07 Å². The Morgan fingerprint density at radius 2 is 1.79 bits per heavy atom. The first-order chi connectivity index (χ1) is 9.01. The monoisotopic (exact) mass is 260 g/mol. The van der Waals surface area contributed by atoms with Crippen molar-refractivity contribution in [2.24, 2.45) is 15.9 Å². The summed E-state index contributed by atoms with van der Waals surface area (Å²) in [6.45, 7) is 0. The van der Waals surface area contributed by atoms with E-state index in [4.69, 9.17) is 5.84 Å². The van der Waals surface area contributed by atoms with Crippen molar-refractivity contribution in [1.82, 2.24) is 0 Å². The van der Waals surface area contributed by atoms with Crippen LogP contribution in [-0.4, -0.2) is 12.0 Å². The number of rotatable bonds is 1. The first-order valence-corrected chi connectivity index (χ1v) is 5.14. The molecule has 0 saturated carbocycles. The van der Waals surface area contributed by atoms with Gasteiger partial charge in [0.15, 0.2) is 5.36 Å². The maximum atomic E-state index is 12.1. The van der Waals surface area contributed by atoms with Gasteiger partial charge in [-0.3, -0.25) is 24.7 Å². The predicted molar refractivity (Wildman–Crippen MR) is 66.8 cm³/mol. The summed E-state index contributed by atoms with van der Waals surface area (Å²) in [7, 11) is 1.34. The molecule has 0 aromatic heterocycles. The molecule has 0 heterocycles. The second kappa shape index (κ2) is 4.41. The van der Waals surface area contributed by atoms with E-state index in [0.717, 1.165) is 12.1 Å². The van der Waals surface area contributed by atoms with Crippen molar-refractivity contribution >= 4 is 16.5 Å². The van der Waals surface area contributed by atoms with E-state index < -0.39 is 15.8 Å². The number of hydrogen-bond donors (Lipinski definition) is 1. The molecule has 2 aromatic rings. The summed E-state index contributed by atoms with van der Waals surface area (Å²) < 4.78 is 0. The fraction of sp³-hybridized carbons (Fsp3) is 0.0909. The van der Waals surface area contributed by atoms with Gasteiger partial charge in [-0.1, -0.05) is 0 Å². The molecule has 0 amide bonds. The van der Waals surface area contributed by atoms with E-state index in [1.54, 1.807) is 0 Å². The molecule has 0 aliphatic carbocycles. The van der Waals surface area contributed by atoms with Gasteiger partial charge >= 0.3 is 0 Å². The highest BCUT2D eigenvalue weighted by Crippen LogP contribution is 2.14. The summed E-state index contributed by atoms with van der Waals surface area (Å²) in [5, 5.41) is 13.5. The maximum Gasteiger partial charge on any atom is 0.270 e. The van der Waals surface area contributed by atoms with Gasteiger partial charge in [0, 0.05) is 30.0 Å². The standard InChI is InChI=1S/C11H8N4O4/c1-13-8-9(14-12)11(17)7-4-5(15(18)19)2-3-6(7)10(8)16/h2-4H,12H2,1H3. The highest BCUT2D eigenvalue weighted by Gasteiger charge is 2.13. The number of non-ortho nitro benzene ring substituents is 1. The second-order valence-electron chi connectivity index (χ2n) is 3.70. The molecule has 0 spiro atoms. The molecule has 0 radical (unpaired) electrons. The number of nitrogens with two attached hydrogens (primary N) is 1. The Labute approximate surface area is 105 Å². The SMILES string of the molecule is CN=c1c(=NN)c(=O)c2cc([N+](=O)[O-])ccc2c1=O. The second-order valence-corrected chi connectivity index (χ2v) is 3.70. The average Bonchev–Trinajstić information content (AvgIpc) is 2.41. The number of nitro benzene ring substituents is 1. The van der Waals surface area contributed by atoms with Gasteiger partial charge in [0.2, 0.25) is 10.9 Å². The number of benzene rings is 2. The normalized spacial score (nSPS) is 13.1. The topological polar surface area (TPSA) is 128 Å². The number of hydrogen-bond acceptors (Lipinski definition) is 7. The molecule has 2 N–H and O–H groups in total. The van der Waals surface area contributed by atoms with Crippen molar-refractivity contribution < 1.29 is 4.92 Å². The quantitative estimate of drug-likeness (QED) is 0.385. The minimum atomic E-state index is -0.652. The summed E-state index contributed by atoms with van der Waals surface area (Å²) in [5.41, 5.74) is -1.47. The van der Waals surface area contributed by atoms with Crippen molar-refractivity contribution in [3.8, 4) is 0 Å². The fourth-order valence-electron chi connectivity index (χ4n) is 1.83. The van der Waals surface area contributed by atoms with E-state index >= 15 is 0 Å². The van der Waals surface area contributed by atoms with Crippen LogP contribution in [0.5, 0.6) is 0 Å². The van der Waals surface area contributed by atoms with Crippen LogP contribution in [0.1, 0.15) is 0 Å². The average molecular weight is 260 g/mol. The highest BCUT2D eigenvalue weighted by molar-refractivity contribution is 5.84. The van der Waals surface area contributed by atoms with Gasteiger partial charge in [0.25, 0.3) is 5.69 Å². The van der Waals surface area contributed by atoms with Crippen molar-refractivity contribution in [3.05, 3.63) is 59.5 Å². The van der Waals surface area contributed by atoms with Crippen LogP contribution in [0.15, 0.2) is 37.9 Å². The Morgan fingerprint density at radius 3 is 2.32 bits per heavy atom. The van der Waals surface area contributed by atoms with Crippen molar-refractivity contribution in [3.63, 3.8) is 0 Å². The summed E-state index contributed by atoms with van der Waals surface area (Å²) in [6, 6.07) is 3.42. The number of nitro groups is 1. The molecule has 0 fully saturated rings. The smallest absolute Gasteiger partial charge is 0.270 e. The first kappa shape index (κ1) is 12.6. The third-order valence-electron chi connectivity index (χ3n) is 2.71. The molecule has 0 aliphatic rings. The molecule has 0 saturated heterocycles. The minimum Gasteiger partial charge on any atom is -0.322 e. The summed E-state index contributed by atoms with van der Waals surface area (Å²) in [4.78, 5) is 37.8. The molecule has 19 heavy (non-hydrogen) atoms. The zero-order chi connectivity index (χ0) is 14.2. The van der Waals surface area contributed by atoms with Gasteiger partial charge in [-0.2, -0.15) is 5.10 Å². The minimum absolute atomic E-state index is 0.0589. The lowest BCUT2D eigenvalue weighted by atomic mass is 10.1. The lowest BCUT2D eigenvalue weighted by Crippen LogP contribution is -2.49. The first-order valence-electron chi connectivity index (χ1n) is 5.14. The molecule has 0 bridgehead atoms. The third-order valence-corrected chi connectivity index (χ3v) is 2.71. The molecule has 8 heteroatoms. The Hall–Kier alpha value is -2.90. The largest absolute Gasteiger partial charge is 0.322 e. The molecule has 0 unspecified atom stereocenters. The van der Waals surface area contributed by atoms with Crippen LogP contribution in [0.3, 0.4) is 0 Å². The van der Waals surface area contributed by atoms with E-state index in [9.17, 15) is 19.7 Å². The summed E-state index contributed by atoms with van der Waals surface area (Å²) in [6.07, 6.45) is 0. The Balaban J connectivity index is 3.18. The van der Waals surface area contributed by atoms with Crippen molar-refractivity contribution in [2.45, 2.75) is 0 Å². The molecule has 0 atom stereocenters. The van der Waals surface area contributed by atoms with Crippen LogP contribution in [0.2, 0.25) is 0 Å². The molecular formula is C11H8N4O4. The lowest BCUT2D eigenvalue weighted by molar-refractivity contribution is -0.384. The molecular weight excluding hydrogens is 252 g/mol. The van der Waals surface area contributed by atoms with Crippen LogP contribution >= 0.6 is 0 Å². The molecule has 2 rings (SSSR count). The zero-order valence-electron chi connectivity index (χ0n) is 9.78. The van der Waals surface area contributed by atoms with Gasteiger partial charge in [-0.25, -0.2) is 0 Å². The Bertz CT molecular complexity index is 907. The molecule has 96 valence electrons. The van der Waals surface area contributed by atoms with Gasteiger partial charge in [0.1, 0.15) is 5.36 Å². The van der Waals surface area contributed by atoms with Crippen LogP contribution in [0.25, 0.3) is 10.8 Å². The van der Waals surface area contributed by atoms with E-state index in [2.05, 4.69) is 10.1 Å². The molecule has 2 aromatic carbocycles. The summed E-state index contributed by atoms with van der Waals surface area (Å²) >= 11 is 0. The van der Waals surface area contributed by atoms with Gasteiger partial charge in [0.05, 0.1) is 4.92 Å². The highest BCUT2D eigenvalue weighted by atomic mass is 16.6. The van der Waals surface area contributed by atoms with E-state index in [1.807, 2.05) is 0 Å². The van der Waals surface area contributed by atoms with Gasteiger partial charge in [-0.15, -0.1) is 0 Å². The molecule has 0 aliphatic heterocycles. The lowest BCUT2D eigenvalue weighted by Gasteiger charge is -1.96. The Kier molecular flexibility index (Phi) is 2.91. The predicted octanol–water partition coefficient (Wildman–Crippen LogP) is -1.35. The van der Waals surface area contributed by atoms with E-state index in [1.165, 1.54) is 13.1 Å². The molecule has 8 nitrogen and oxygen atoms in total. The van der Waals surface area contributed by atoms with Crippen LogP contribution in [0.4, 0.5) is 5.69 Å². The number of fused-ring (bicyclic) bond motifs is 1.